The highest BCUT2D eigenvalue weighted by Crippen LogP contribution is 2.25. The van der Waals surface area contributed by atoms with Crippen LogP contribution in [-0.2, 0) is 6.61 Å². The molecule has 0 saturated heterocycles. The van der Waals surface area contributed by atoms with E-state index in [0.717, 1.165) is 15.8 Å². The summed E-state index contributed by atoms with van der Waals surface area (Å²) in [6.45, 7) is 6.51. The zero-order valence-electron chi connectivity index (χ0n) is 11.9. The van der Waals surface area contributed by atoms with E-state index in [1.165, 1.54) is 11.6 Å². The lowest BCUT2D eigenvalue weighted by Gasteiger charge is -2.13. The van der Waals surface area contributed by atoms with Crippen molar-refractivity contribution in [1.29, 1.82) is 0 Å². The van der Waals surface area contributed by atoms with Crippen LogP contribution in [0.4, 0.5) is 4.39 Å². The lowest BCUT2D eigenvalue weighted by molar-refractivity contribution is 0.297. The quantitative estimate of drug-likeness (QED) is 0.706. The van der Waals surface area contributed by atoms with E-state index >= 15 is 0 Å². The van der Waals surface area contributed by atoms with Crippen molar-refractivity contribution in [3.63, 3.8) is 0 Å². The Morgan fingerprint density at radius 2 is 1.90 bits per heavy atom. The van der Waals surface area contributed by atoms with Crippen molar-refractivity contribution in [3.05, 3.63) is 63.4 Å². The van der Waals surface area contributed by atoms with Crippen LogP contribution in [-0.4, -0.2) is 0 Å². The molecule has 0 unspecified atom stereocenters. The fourth-order valence-corrected chi connectivity index (χ4v) is 2.35. The van der Waals surface area contributed by atoms with Gasteiger partial charge in [-0.15, -0.1) is 0 Å². The SMILES string of the molecule is Cc1ccc(C(C)C)cc1OCc1cc(Br)ccc1F. The first-order chi connectivity index (χ1) is 9.47. The highest BCUT2D eigenvalue weighted by atomic mass is 79.9. The standard InChI is InChI=1S/C17H18BrFO/c1-11(2)13-5-4-12(3)17(9-13)20-10-14-8-15(18)6-7-16(14)19/h4-9,11H,10H2,1-3H3. The normalized spacial score (nSPS) is 10.9. The van der Waals surface area contributed by atoms with E-state index in [2.05, 4.69) is 35.8 Å². The summed E-state index contributed by atoms with van der Waals surface area (Å²) in [5, 5.41) is 0. The highest BCUT2D eigenvalue weighted by Gasteiger charge is 2.07. The molecule has 0 heterocycles. The smallest absolute Gasteiger partial charge is 0.129 e. The first-order valence-electron chi connectivity index (χ1n) is 6.64. The molecule has 0 fully saturated rings. The maximum atomic E-state index is 13.7. The molecule has 0 atom stereocenters. The zero-order valence-corrected chi connectivity index (χ0v) is 13.5. The molecule has 0 radical (unpaired) electrons. The Morgan fingerprint density at radius 3 is 2.60 bits per heavy atom. The molecular formula is C17H18BrFO. The zero-order chi connectivity index (χ0) is 14.7. The molecule has 0 aliphatic carbocycles. The summed E-state index contributed by atoms with van der Waals surface area (Å²) in [6.07, 6.45) is 0. The average Bonchev–Trinajstić information content (AvgIpc) is 2.41. The van der Waals surface area contributed by atoms with Crippen LogP contribution >= 0.6 is 15.9 Å². The van der Waals surface area contributed by atoms with Crippen LogP contribution in [0.2, 0.25) is 0 Å². The minimum Gasteiger partial charge on any atom is -0.489 e. The van der Waals surface area contributed by atoms with Crippen LogP contribution < -0.4 is 4.74 Å². The van der Waals surface area contributed by atoms with E-state index in [4.69, 9.17) is 4.74 Å². The molecule has 20 heavy (non-hydrogen) atoms. The van der Waals surface area contributed by atoms with E-state index in [-0.39, 0.29) is 12.4 Å². The number of ether oxygens (including phenoxy) is 1. The van der Waals surface area contributed by atoms with Crippen molar-refractivity contribution >= 4 is 15.9 Å². The Balaban J connectivity index is 2.18. The van der Waals surface area contributed by atoms with E-state index in [1.54, 1.807) is 12.1 Å². The summed E-state index contributed by atoms with van der Waals surface area (Å²) in [5.41, 5.74) is 2.83. The third-order valence-electron chi connectivity index (χ3n) is 3.27. The molecule has 0 bridgehead atoms. The second-order valence-electron chi connectivity index (χ2n) is 5.20. The molecule has 0 aliphatic rings. The van der Waals surface area contributed by atoms with E-state index < -0.39 is 0 Å². The van der Waals surface area contributed by atoms with Crippen LogP contribution in [0.1, 0.15) is 36.5 Å². The minimum atomic E-state index is -0.245. The van der Waals surface area contributed by atoms with E-state index in [9.17, 15) is 4.39 Å². The minimum absolute atomic E-state index is 0.230. The van der Waals surface area contributed by atoms with Crippen LogP contribution in [0.15, 0.2) is 40.9 Å². The molecule has 106 valence electrons. The van der Waals surface area contributed by atoms with Crippen molar-refractivity contribution in [2.75, 3.05) is 0 Å². The number of benzene rings is 2. The molecule has 1 nitrogen and oxygen atoms in total. The maximum Gasteiger partial charge on any atom is 0.129 e. The van der Waals surface area contributed by atoms with Crippen LogP contribution in [0, 0.1) is 12.7 Å². The van der Waals surface area contributed by atoms with E-state index in [1.807, 2.05) is 19.1 Å². The van der Waals surface area contributed by atoms with Crippen LogP contribution in [0.3, 0.4) is 0 Å². The largest absolute Gasteiger partial charge is 0.489 e. The van der Waals surface area contributed by atoms with Gasteiger partial charge in [0.15, 0.2) is 0 Å². The monoisotopic (exact) mass is 336 g/mol. The van der Waals surface area contributed by atoms with Gasteiger partial charge in [0.25, 0.3) is 0 Å². The maximum absolute atomic E-state index is 13.7. The van der Waals surface area contributed by atoms with Crippen molar-refractivity contribution in [2.45, 2.75) is 33.3 Å². The molecule has 2 aromatic rings. The van der Waals surface area contributed by atoms with Gasteiger partial charge in [-0.2, -0.15) is 0 Å². The number of rotatable bonds is 4. The predicted octanol–water partition coefficient (Wildman–Crippen LogP) is 5.60. The van der Waals surface area contributed by atoms with Gasteiger partial charge < -0.3 is 4.74 Å². The molecule has 0 saturated carbocycles. The lowest BCUT2D eigenvalue weighted by Crippen LogP contribution is -2.01. The molecule has 0 aromatic heterocycles. The van der Waals surface area contributed by atoms with Crippen molar-refractivity contribution in [3.8, 4) is 5.75 Å². The van der Waals surface area contributed by atoms with Crippen molar-refractivity contribution in [2.24, 2.45) is 0 Å². The van der Waals surface area contributed by atoms with Gasteiger partial charge >= 0.3 is 0 Å². The third-order valence-corrected chi connectivity index (χ3v) is 3.76. The second-order valence-corrected chi connectivity index (χ2v) is 6.12. The number of aryl methyl sites for hydroxylation is 1. The molecule has 3 heteroatoms. The molecule has 0 aliphatic heterocycles. The van der Waals surface area contributed by atoms with Crippen molar-refractivity contribution < 1.29 is 9.13 Å². The van der Waals surface area contributed by atoms with Gasteiger partial charge in [-0.1, -0.05) is 41.9 Å². The van der Waals surface area contributed by atoms with Gasteiger partial charge in [-0.05, 0) is 48.2 Å². The van der Waals surface area contributed by atoms with Crippen molar-refractivity contribution in [1.82, 2.24) is 0 Å². The second kappa shape index (κ2) is 6.40. The fourth-order valence-electron chi connectivity index (χ4n) is 1.94. The molecule has 0 N–H and O–H groups in total. The lowest BCUT2D eigenvalue weighted by atomic mass is 10.0. The Morgan fingerprint density at radius 1 is 1.15 bits per heavy atom. The summed E-state index contributed by atoms with van der Waals surface area (Å²) in [5.74, 6) is 1.02. The van der Waals surface area contributed by atoms with E-state index in [0.29, 0.717) is 11.5 Å². The third kappa shape index (κ3) is 3.60. The summed E-state index contributed by atoms with van der Waals surface area (Å²) in [6, 6.07) is 11.1. The van der Waals surface area contributed by atoms with Gasteiger partial charge in [-0.25, -0.2) is 4.39 Å². The van der Waals surface area contributed by atoms with Gasteiger partial charge in [-0.3, -0.25) is 0 Å². The Hall–Kier alpha value is -1.35. The molecule has 2 aromatic carbocycles. The molecule has 0 spiro atoms. The molecule has 2 rings (SSSR count). The molecular weight excluding hydrogens is 319 g/mol. The topological polar surface area (TPSA) is 9.23 Å². The summed E-state index contributed by atoms with van der Waals surface area (Å²) >= 11 is 3.35. The van der Waals surface area contributed by atoms with Crippen LogP contribution in [0.5, 0.6) is 5.75 Å². The van der Waals surface area contributed by atoms with Gasteiger partial charge in [0, 0.05) is 10.0 Å². The first kappa shape index (κ1) is 15.0. The van der Waals surface area contributed by atoms with Gasteiger partial charge in [0.05, 0.1) is 0 Å². The Labute approximate surface area is 127 Å². The highest BCUT2D eigenvalue weighted by molar-refractivity contribution is 9.10. The predicted molar refractivity (Wildman–Crippen MR) is 83.7 cm³/mol. The first-order valence-corrected chi connectivity index (χ1v) is 7.44. The average molecular weight is 337 g/mol. The van der Waals surface area contributed by atoms with Crippen LogP contribution in [0.25, 0.3) is 0 Å². The Kier molecular flexibility index (Phi) is 4.81. The summed E-state index contributed by atoms with van der Waals surface area (Å²) < 4.78 is 20.3. The van der Waals surface area contributed by atoms with Gasteiger partial charge in [0.2, 0.25) is 0 Å². The summed E-state index contributed by atoms with van der Waals surface area (Å²) in [4.78, 5) is 0. The fraction of sp³-hybridized carbons (Fsp3) is 0.294. The number of hydrogen-bond acceptors (Lipinski definition) is 1. The number of halogens is 2. The number of hydrogen-bond donors (Lipinski definition) is 0. The Bertz CT molecular complexity index is 608. The van der Waals surface area contributed by atoms with Gasteiger partial charge in [0.1, 0.15) is 18.2 Å². The summed E-state index contributed by atoms with van der Waals surface area (Å²) in [7, 11) is 0. The molecule has 0 amide bonds.